The van der Waals surface area contributed by atoms with Gasteiger partial charge in [0.15, 0.2) is 5.82 Å². The molecule has 2 aromatic carbocycles. The van der Waals surface area contributed by atoms with Crippen LogP contribution in [0.15, 0.2) is 60.8 Å². The Hall–Kier alpha value is -3.59. The molecule has 1 aliphatic rings. The topological polar surface area (TPSA) is 70.8 Å². The van der Waals surface area contributed by atoms with Gasteiger partial charge >= 0.3 is 6.29 Å². The van der Waals surface area contributed by atoms with E-state index in [1.54, 1.807) is 36.0 Å². The van der Waals surface area contributed by atoms with Crippen molar-refractivity contribution in [3.05, 3.63) is 60.8 Å². The molecule has 4 aromatic rings. The summed E-state index contributed by atoms with van der Waals surface area (Å²) >= 11 is 0. The van der Waals surface area contributed by atoms with Crippen molar-refractivity contribution in [3.63, 3.8) is 0 Å². The SMILES string of the molecule is COc1cccc(-c2nc3nccc(-c4cccc(OC(F)(F)OCC5CC5)c4)n3n2)c1. The van der Waals surface area contributed by atoms with Crippen molar-refractivity contribution in [1.82, 2.24) is 19.6 Å². The molecule has 1 aliphatic carbocycles. The summed E-state index contributed by atoms with van der Waals surface area (Å²) in [6.45, 7) is -0.0102. The number of methoxy groups -OCH3 is 1. The molecule has 1 fully saturated rings. The van der Waals surface area contributed by atoms with Gasteiger partial charge in [0, 0.05) is 17.3 Å². The maximum Gasteiger partial charge on any atom is 0.535 e. The molecule has 0 spiro atoms. The highest BCUT2D eigenvalue weighted by Crippen LogP contribution is 2.33. The molecule has 0 radical (unpaired) electrons. The maximum atomic E-state index is 14.0. The lowest BCUT2D eigenvalue weighted by atomic mass is 10.1. The highest BCUT2D eigenvalue weighted by molar-refractivity contribution is 5.65. The number of alkyl halides is 2. The van der Waals surface area contributed by atoms with E-state index >= 15 is 0 Å². The first kappa shape index (κ1) is 20.3. The van der Waals surface area contributed by atoms with Gasteiger partial charge < -0.3 is 9.47 Å². The molecule has 0 atom stereocenters. The Morgan fingerprint density at radius 2 is 1.78 bits per heavy atom. The molecule has 1 saturated carbocycles. The summed E-state index contributed by atoms with van der Waals surface area (Å²) in [6, 6.07) is 15.5. The molecule has 5 rings (SSSR count). The van der Waals surface area contributed by atoms with Crippen LogP contribution < -0.4 is 9.47 Å². The summed E-state index contributed by atoms with van der Waals surface area (Å²) in [7, 11) is 1.59. The average Bonchev–Trinajstić information content (AvgIpc) is 3.53. The number of nitrogens with zero attached hydrogens (tertiary/aromatic N) is 4. The van der Waals surface area contributed by atoms with Gasteiger partial charge in [0.05, 0.1) is 19.4 Å². The van der Waals surface area contributed by atoms with Crippen LogP contribution in [-0.2, 0) is 4.74 Å². The van der Waals surface area contributed by atoms with Gasteiger partial charge in [-0.1, -0.05) is 24.3 Å². The lowest BCUT2D eigenvalue weighted by Gasteiger charge is -2.17. The number of hydrogen-bond acceptors (Lipinski definition) is 6. The van der Waals surface area contributed by atoms with Gasteiger partial charge in [0.2, 0.25) is 0 Å². The van der Waals surface area contributed by atoms with Crippen molar-refractivity contribution < 1.29 is 23.0 Å². The smallest absolute Gasteiger partial charge is 0.497 e. The van der Waals surface area contributed by atoms with Crippen LogP contribution in [0, 0.1) is 5.92 Å². The largest absolute Gasteiger partial charge is 0.535 e. The van der Waals surface area contributed by atoms with Gasteiger partial charge in [0.1, 0.15) is 11.5 Å². The lowest BCUT2D eigenvalue weighted by Crippen LogP contribution is -2.29. The van der Waals surface area contributed by atoms with Crippen LogP contribution in [0.5, 0.6) is 11.5 Å². The highest BCUT2D eigenvalue weighted by atomic mass is 19.3. The van der Waals surface area contributed by atoms with Crippen LogP contribution in [0.25, 0.3) is 28.4 Å². The van der Waals surface area contributed by atoms with E-state index in [1.807, 2.05) is 24.3 Å². The van der Waals surface area contributed by atoms with E-state index in [-0.39, 0.29) is 18.3 Å². The fraction of sp³-hybridized carbons (Fsp3) is 0.261. The summed E-state index contributed by atoms with van der Waals surface area (Å²) < 4.78 is 44.4. The fourth-order valence-electron chi connectivity index (χ4n) is 3.28. The Bertz CT molecular complexity index is 1260. The number of halogens is 2. The minimum absolute atomic E-state index is 0.0102. The molecule has 0 N–H and O–H groups in total. The lowest BCUT2D eigenvalue weighted by molar-refractivity contribution is -0.354. The quantitative estimate of drug-likeness (QED) is 0.367. The molecule has 0 unspecified atom stereocenters. The monoisotopic (exact) mass is 438 g/mol. The van der Waals surface area contributed by atoms with Gasteiger partial charge in [0.25, 0.3) is 5.78 Å². The average molecular weight is 438 g/mol. The van der Waals surface area contributed by atoms with Crippen molar-refractivity contribution in [2.45, 2.75) is 19.1 Å². The molecular weight excluding hydrogens is 418 g/mol. The van der Waals surface area contributed by atoms with Crippen molar-refractivity contribution in [1.29, 1.82) is 0 Å². The number of hydrogen-bond donors (Lipinski definition) is 0. The molecule has 2 heterocycles. The second-order valence-electron chi connectivity index (χ2n) is 7.56. The third kappa shape index (κ3) is 4.38. The van der Waals surface area contributed by atoms with Crippen molar-refractivity contribution in [2.24, 2.45) is 5.92 Å². The first-order valence-electron chi connectivity index (χ1n) is 10.2. The van der Waals surface area contributed by atoms with Gasteiger partial charge in [-0.3, -0.25) is 4.74 Å². The molecule has 164 valence electrons. The van der Waals surface area contributed by atoms with Gasteiger partial charge in [-0.25, -0.2) is 4.98 Å². The maximum absolute atomic E-state index is 14.0. The van der Waals surface area contributed by atoms with Crippen LogP contribution in [0.4, 0.5) is 8.78 Å². The van der Waals surface area contributed by atoms with Gasteiger partial charge in [-0.2, -0.15) is 9.50 Å². The third-order valence-electron chi connectivity index (χ3n) is 5.12. The van der Waals surface area contributed by atoms with Crippen LogP contribution in [0.3, 0.4) is 0 Å². The molecule has 7 nitrogen and oxygen atoms in total. The molecule has 0 amide bonds. The van der Waals surface area contributed by atoms with Crippen LogP contribution in [0.1, 0.15) is 12.8 Å². The summed E-state index contributed by atoms with van der Waals surface area (Å²) in [5.41, 5.74) is 2.02. The number of fused-ring (bicyclic) bond motifs is 1. The minimum atomic E-state index is -3.69. The molecule has 2 aromatic heterocycles. The first-order valence-corrected chi connectivity index (χ1v) is 10.2. The van der Waals surface area contributed by atoms with Crippen LogP contribution in [-0.4, -0.2) is 39.6 Å². The Kier molecular flexibility index (Phi) is 5.18. The van der Waals surface area contributed by atoms with Crippen molar-refractivity contribution >= 4 is 5.78 Å². The predicted molar refractivity (Wildman–Crippen MR) is 112 cm³/mol. The fourth-order valence-corrected chi connectivity index (χ4v) is 3.28. The van der Waals surface area contributed by atoms with E-state index in [0.717, 1.165) is 18.4 Å². The molecular formula is C23H20F2N4O3. The van der Waals surface area contributed by atoms with Crippen molar-refractivity contribution in [3.8, 4) is 34.1 Å². The highest BCUT2D eigenvalue weighted by Gasteiger charge is 2.36. The number of benzene rings is 2. The third-order valence-corrected chi connectivity index (χ3v) is 5.12. The van der Waals surface area contributed by atoms with E-state index in [4.69, 9.17) is 9.47 Å². The van der Waals surface area contributed by atoms with Crippen molar-refractivity contribution in [2.75, 3.05) is 13.7 Å². The Labute approximate surface area is 182 Å². The standard InChI is InChI=1S/C23H20F2N4O3/c1-30-18-6-3-5-17(13-18)21-27-22-26-11-10-20(29(22)28-21)16-4-2-7-19(12-16)32-23(24,25)31-14-15-8-9-15/h2-7,10-13,15H,8-9,14H2,1H3. The minimum Gasteiger partial charge on any atom is -0.497 e. The normalized spacial score (nSPS) is 14.0. The number of rotatable bonds is 8. The van der Waals surface area contributed by atoms with E-state index in [1.165, 1.54) is 12.1 Å². The summed E-state index contributed by atoms with van der Waals surface area (Å²) in [5, 5.41) is 4.57. The van der Waals surface area contributed by atoms with E-state index in [0.29, 0.717) is 28.6 Å². The number of ether oxygens (including phenoxy) is 3. The van der Waals surface area contributed by atoms with Gasteiger partial charge in [-0.15, -0.1) is 13.9 Å². The van der Waals surface area contributed by atoms with E-state index in [2.05, 4.69) is 19.8 Å². The second-order valence-corrected chi connectivity index (χ2v) is 7.56. The molecule has 0 aliphatic heterocycles. The zero-order valence-electron chi connectivity index (χ0n) is 17.2. The second kappa shape index (κ2) is 8.16. The van der Waals surface area contributed by atoms with E-state index in [9.17, 15) is 8.78 Å². The molecule has 9 heteroatoms. The first-order chi connectivity index (χ1) is 15.5. The van der Waals surface area contributed by atoms with Gasteiger partial charge in [-0.05, 0) is 49.1 Å². The summed E-state index contributed by atoms with van der Waals surface area (Å²) in [4.78, 5) is 8.76. The zero-order chi connectivity index (χ0) is 22.1. The molecule has 0 bridgehead atoms. The summed E-state index contributed by atoms with van der Waals surface area (Å²) in [5.74, 6) is 1.72. The Balaban J connectivity index is 1.45. The predicted octanol–water partition coefficient (Wildman–Crippen LogP) is 4.82. The van der Waals surface area contributed by atoms with Crippen LogP contribution in [0.2, 0.25) is 0 Å². The summed E-state index contributed by atoms with van der Waals surface area (Å²) in [6.07, 6.45) is -0.268. The molecule has 0 saturated heterocycles. The van der Waals surface area contributed by atoms with E-state index < -0.39 is 6.29 Å². The molecule has 32 heavy (non-hydrogen) atoms. The Morgan fingerprint density at radius 1 is 1.03 bits per heavy atom. The van der Waals surface area contributed by atoms with Crippen LogP contribution >= 0.6 is 0 Å². The zero-order valence-corrected chi connectivity index (χ0v) is 17.2. The number of aromatic nitrogens is 4. The Morgan fingerprint density at radius 3 is 2.56 bits per heavy atom.